The van der Waals surface area contributed by atoms with Gasteiger partial charge in [0.2, 0.25) is 5.88 Å². The summed E-state index contributed by atoms with van der Waals surface area (Å²) in [6.07, 6.45) is 6.89. The van der Waals surface area contributed by atoms with Gasteiger partial charge in [-0.25, -0.2) is 4.98 Å². The van der Waals surface area contributed by atoms with Gasteiger partial charge in [0.1, 0.15) is 6.61 Å². The fourth-order valence-electron chi connectivity index (χ4n) is 1.58. The van der Waals surface area contributed by atoms with Crippen LogP contribution in [0.1, 0.15) is 32.6 Å². The topological polar surface area (TPSA) is 43.4 Å². The highest BCUT2D eigenvalue weighted by molar-refractivity contribution is 5.41. The van der Waals surface area contributed by atoms with Crippen LogP contribution in [0.5, 0.6) is 5.88 Å². The number of pyridine rings is 1. The molecule has 102 valence electrons. The lowest BCUT2D eigenvalue weighted by Crippen LogP contribution is -2.06. The van der Waals surface area contributed by atoms with Crippen LogP contribution in [0.2, 0.25) is 0 Å². The maximum Gasteiger partial charge on any atom is 0.213 e. The van der Waals surface area contributed by atoms with E-state index in [-0.39, 0.29) is 0 Å². The summed E-state index contributed by atoms with van der Waals surface area (Å²) in [6, 6.07) is 3.87. The highest BCUT2D eigenvalue weighted by atomic mass is 16.5. The first-order chi connectivity index (χ1) is 8.86. The third kappa shape index (κ3) is 6.45. The van der Waals surface area contributed by atoms with Gasteiger partial charge in [-0.15, -0.1) is 0 Å². The summed E-state index contributed by atoms with van der Waals surface area (Å²) in [6.45, 7) is 4.34. The van der Waals surface area contributed by atoms with Crippen molar-refractivity contribution in [2.45, 2.75) is 32.6 Å². The van der Waals surface area contributed by atoms with Gasteiger partial charge in [-0.05, 0) is 12.5 Å². The molecule has 0 saturated heterocycles. The smallest absolute Gasteiger partial charge is 0.213 e. The molecule has 0 saturated carbocycles. The molecule has 1 N–H and O–H groups in total. The minimum Gasteiger partial charge on any atom is -0.475 e. The van der Waals surface area contributed by atoms with E-state index < -0.39 is 0 Å². The van der Waals surface area contributed by atoms with Crippen molar-refractivity contribution in [2.75, 3.05) is 32.2 Å². The number of methoxy groups -OCH3 is 1. The minimum atomic E-state index is 0.535. The molecule has 1 aromatic rings. The lowest BCUT2D eigenvalue weighted by atomic mass is 10.2. The van der Waals surface area contributed by atoms with E-state index in [2.05, 4.69) is 17.2 Å². The summed E-state index contributed by atoms with van der Waals surface area (Å²) in [4.78, 5) is 4.23. The molecule has 1 heterocycles. The largest absolute Gasteiger partial charge is 0.475 e. The summed E-state index contributed by atoms with van der Waals surface area (Å²) >= 11 is 0. The Labute approximate surface area is 110 Å². The second kappa shape index (κ2) is 9.71. The molecular formula is C14H24N2O2. The molecule has 1 rings (SSSR count). The lowest BCUT2D eigenvalue weighted by Gasteiger charge is -2.07. The van der Waals surface area contributed by atoms with Gasteiger partial charge in [0, 0.05) is 19.7 Å². The fourth-order valence-corrected chi connectivity index (χ4v) is 1.58. The first-order valence-corrected chi connectivity index (χ1v) is 6.68. The van der Waals surface area contributed by atoms with Gasteiger partial charge in [0.15, 0.2) is 0 Å². The van der Waals surface area contributed by atoms with Crippen molar-refractivity contribution >= 4 is 5.69 Å². The Morgan fingerprint density at radius 1 is 1.17 bits per heavy atom. The van der Waals surface area contributed by atoms with Crippen LogP contribution in [-0.2, 0) is 4.74 Å². The molecule has 0 aliphatic rings. The van der Waals surface area contributed by atoms with Crippen molar-refractivity contribution in [3.05, 3.63) is 18.3 Å². The summed E-state index contributed by atoms with van der Waals surface area (Å²) in [5.74, 6) is 0.642. The molecular weight excluding hydrogens is 228 g/mol. The molecule has 0 aliphatic carbocycles. The van der Waals surface area contributed by atoms with Crippen molar-refractivity contribution < 1.29 is 9.47 Å². The molecule has 0 aromatic carbocycles. The van der Waals surface area contributed by atoms with Crippen LogP contribution >= 0.6 is 0 Å². The fraction of sp³-hybridized carbons (Fsp3) is 0.643. The van der Waals surface area contributed by atoms with Crippen molar-refractivity contribution in [2.24, 2.45) is 0 Å². The zero-order valence-corrected chi connectivity index (χ0v) is 11.4. The summed E-state index contributed by atoms with van der Waals surface area (Å²) in [7, 11) is 1.66. The minimum absolute atomic E-state index is 0.535. The number of hydrogen-bond donors (Lipinski definition) is 1. The molecule has 0 radical (unpaired) electrons. The van der Waals surface area contributed by atoms with Crippen LogP contribution in [0.15, 0.2) is 18.3 Å². The number of aromatic nitrogens is 1. The van der Waals surface area contributed by atoms with E-state index in [1.165, 1.54) is 25.7 Å². The number of nitrogens with zero attached hydrogens (tertiary/aromatic N) is 1. The highest BCUT2D eigenvalue weighted by Gasteiger charge is 1.96. The van der Waals surface area contributed by atoms with E-state index in [4.69, 9.17) is 9.47 Å². The predicted octanol–water partition coefficient (Wildman–Crippen LogP) is 3.10. The summed E-state index contributed by atoms with van der Waals surface area (Å²) < 4.78 is 10.3. The Bertz CT molecular complexity index is 301. The molecule has 4 heteroatoms. The normalized spacial score (nSPS) is 10.3. The summed E-state index contributed by atoms with van der Waals surface area (Å²) in [5, 5.41) is 3.36. The van der Waals surface area contributed by atoms with Gasteiger partial charge in [-0.1, -0.05) is 26.2 Å². The average Bonchev–Trinajstić information content (AvgIpc) is 2.40. The molecule has 0 fully saturated rings. The Morgan fingerprint density at radius 2 is 2.06 bits per heavy atom. The summed E-state index contributed by atoms with van der Waals surface area (Å²) in [5.41, 5.74) is 1.05. The second-order valence-electron chi connectivity index (χ2n) is 4.21. The van der Waals surface area contributed by atoms with Gasteiger partial charge in [-0.3, -0.25) is 0 Å². The first kappa shape index (κ1) is 14.8. The lowest BCUT2D eigenvalue weighted by molar-refractivity contribution is 0.144. The standard InChI is InChI=1S/C14H24N2O2/c1-3-4-5-6-9-15-13-7-8-14(16-12-13)18-11-10-17-2/h7-8,12,15H,3-6,9-11H2,1-2H3. The van der Waals surface area contributed by atoms with E-state index in [9.17, 15) is 0 Å². The maximum absolute atomic E-state index is 5.40. The SMILES string of the molecule is CCCCCCNc1ccc(OCCOC)nc1. The first-order valence-electron chi connectivity index (χ1n) is 6.68. The van der Waals surface area contributed by atoms with E-state index in [0.29, 0.717) is 19.1 Å². The van der Waals surface area contributed by atoms with Crippen LogP contribution in [-0.4, -0.2) is 31.9 Å². The monoisotopic (exact) mass is 252 g/mol. The number of nitrogens with one attached hydrogen (secondary N) is 1. The second-order valence-corrected chi connectivity index (χ2v) is 4.21. The van der Waals surface area contributed by atoms with Gasteiger partial charge >= 0.3 is 0 Å². The molecule has 18 heavy (non-hydrogen) atoms. The number of hydrogen-bond acceptors (Lipinski definition) is 4. The molecule has 0 aliphatic heterocycles. The van der Waals surface area contributed by atoms with Gasteiger partial charge < -0.3 is 14.8 Å². The maximum atomic E-state index is 5.40. The van der Waals surface area contributed by atoms with Gasteiger partial charge in [-0.2, -0.15) is 0 Å². The molecule has 0 bridgehead atoms. The molecule has 0 atom stereocenters. The van der Waals surface area contributed by atoms with Crippen molar-refractivity contribution in [1.82, 2.24) is 4.98 Å². The quantitative estimate of drug-likeness (QED) is 0.650. The zero-order chi connectivity index (χ0) is 13.1. The molecule has 0 spiro atoms. The number of rotatable bonds is 10. The molecule has 0 amide bonds. The van der Waals surface area contributed by atoms with Crippen molar-refractivity contribution in [3.8, 4) is 5.88 Å². The predicted molar refractivity (Wildman–Crippen MR) is 74.2 cm³/mol. The van der Waals surface area contributed by atoms with E-state index in [0.717, 1.165) is 12.2 Å². The van der Waals surface area contributed by atoms with E-state index in [1.54, 1.807) is 7.11 Å². The van der Waals surface area contributed by atoms with E-state index >= 15 is 0 Å². The van der Waals surface area contributed by atoms with Gasteiger partial charge in [0.05, 0.1) is 18.5 Å². The van der Waals surface area contributed by atoms with Crippen LogP contribution in [0, 0.1) is 0 Å². The highest BCUT2D eigenvalue weighted by Crippen LogP contribution is 2.11. The van der Waals surface area contributed by atoms with Crippen molar-refractivity contribution in [1.29, 1.82) is 0 Å². The Kier molecular flexibility index (Phi) is 7.97. The zero-order valence-electron chi connectivity index (χ0n) is 11.4. The Balaban J connectivity index is 2.19. The van der Waals surface area contributed by atoms with Crippen LogP contribution in [0.25, 0.3) is 0 Å². The van der Waals surface area contributed by atoms with Crippen molar-refractivity contribution in [3.63, 3.8) is 0 Å². The molecule has 4 nitrogen and oxygen atoms in total. The third-order valence-corrected chi connectivity index (χ3v) is 2.63. The molecule has 0 unspecified atom stereocenters. The van der Waals surface area contributed by atoms with Crippen LogP contribution in [0.4, 0.5) is 5.69 Å². The Hall–Kier alpha value is -1.29. The number of unbranched alkanes of at least 4 members (excludes halogenated alkanes) is 3. The van der Waals surface area contributed by atoms with Crippen LogP contribution in [0.3, 0.4) is 0 Å². The third-order valence-electron chi connectivity index (χ3n) is 2.63. The van der Waals surface area contributed by atoms with E-state index in [1.807, 2.05) is 18.3 Å². The average molecular weight is 252 g/mol. The Morgan fingerprint density at radius 3 is 2.72 bits per heavy atom. The number of ether oxygens (including phenoxy) is 2. The van der Waals surface area contributed by atoms with Crippen LogP contribution < -0.4 is 10.1 Å². The molecule has 1 aromatic heterocycles. The number of anilines is 1. The van der Waals surface area contributed by atoms with Gasteiger partial charge in [0.25, 0.3) is 0 Å².